The van der Waals surface area contributed by atoms with Gasteiger partial charge in [0, 0.05) is 27.4 Å². The van der Waals surface area contributed by atoms with E-state index in [2.05, 4.69) is 5.32 Å². The topological polar surface area (TPSA) is 59.2 Å². The highest BCUT2D eigenvalue weighted by atomic mass is 35.5. The van der Waals surface area contributed by atoms with Crippen molar-refractivity contribution in [1.29, 1.82) is 0 Å². The summed E-state index contributed by atoms with van der Waals surface area (Å²) in [6.07, 6.45) is 3.38. The van der Waals surface area contributed by atoms with Crippen LogP contribution in [0.3, 0.4) is 0 Å². The van der Waals surface area contributed by atoms with E-state index in [1.165, 1.54) is 0 Å². The summed E-state index contributed by atoms with van der Waals surface area (Å²) >= 11 is 17.8. The van der Waals surface area contributed by atoms with E-state index in [9.17, 15) is 10.2 Å². The van der Waals surface area contributed by atoms with Gasteiger partial charge in [-0.15, -0.1) is 0 Å². The van der Waals surface area contributed by atoms with Crippen LogP contribution in [0.5, 0.6) is 0 Å². The van der Waals surface area contributed by atoms with Gasteiger partial charge in [0.15, 0.2) is 17.4 Å². The van der Waals surface area contributed by atoms with E-state index in [4.69, 9.17) is 35.4 Å². The zero-order chi connectivity index (χ0) is 21.0. The first kappa shape index (κ1) is 21.3. The first-order valence-corrected chi connectivity index (χ1v) is 9.92. The Morgan fingerprint density at radius 1 is 1.10 bits per heavy atom. The number of nitrogens with zero attached hydrogens (tertiary/aromatic N) is 1. The van der Waals surface area contributed by atoms with E-state index < -0.39 is 0 Å². The molecule has 2 N–H and O–H groups in total. The molecule has 0 saturated heterocycles. The minimum atomic E-state index is -0.279. The van der Waals surface area contributed by atoms with E-state index in [0.29, 0.717) is 26.9 Å². The number of anilines is 1. The van der Waals surface area contributed by atoms with Crippen LogP contribution >= 0.6 is 35.4 Å². The van der Waals surface area contributed by atoms with Gasteiger partial charge >= 0.3 is 0 Å². The van der Waals surface area contributed by atoms with E-state index >= 15 is 0 Å². The zero-order valence-electron chi connectivity index (χ0n) is 15.5. The minimum absolute atomic E-state index is 0.156. The second-order valence-electron chi connectivity index (χ2n) is 6.33. The van der Waals surface area contributed by atoms with Crippen molar-refractivity contribution < 1.29 is 14.8 Å². The molecular weight excluding hydrogens is 427 g/mol. The molecule has 3 rings (SSSR count). The van der Waals surface area contributed by atoms with Crippen molar-refractivity contribution >= 4 is 57.6 Å². The van der Waals surface area contributed by atoms with Crippen molar-refractivity contribution in [3.05, 3.63) is 93.7 Å². The largest absolute Gasteiger partial charge is 0.867 e. The summed E-state index contributed by atoms with van der Waals surface area (Å²) in [5.41, 5.74) is 2.87. The second kappa shape index (κ2) is 9.37. The number of rotatable bonds is 5. The summed E-state index contributed by atoms with van der Waals surface area (Å²) in [5, 5.41) is 27.1. The zero-order valence-corrected chi connectivity index (χ0v) is 17.9. The molecule has 0 aliphatic carbocycles. The lowest BCUT2D eigenvalue weighted by Crippen LogP contribution is -2.40. The molecular formula is C22H18Cl2N2O2S. The van der Waals surface area contributed by atoms with Crippen LogP contribution < -0.4 is 15.0 Å². The summed E-state index contributed by atoms with van der Waals surface area (Å²) < 4.78 is 1.61. The molecule has 29 heavy (non-hydrogen) atoms. The van der Waals surface area contributed by atoms with Gasteiger partial charge in [0.2, 0.25) is 5.70 Å². The molecule has 3 aromatic rings. The van der Waals surface area contributed by atoms with Crippen LogP contribution in [0.1, 0.15) is 16.7 Å². The van der Waals surface area contributed by atoms with Gasteiger partial charge in [-0.3, -0.25) is 0 Å². The molecule has 1 aromatic heterocycles. The maximum atomic E-state index is 13.3. The molecule has 0 amide bonds. The molecule has 2 aromatic carbocycles. The molecule has 0 bridgehead atoms. The number of aromatic nitrogens is 1. The maximum Gasteiger partial charge on any atom is 0.238 e. The lowest BCUT2D eigenvalue weighted by Gasteiger charge is -2.18. The Kier molecular flexibility index (Phi) is 6.87. The lowest BCUT2D eigenvalue weighted by atomic mass is 10.1. The molecule has 0 aliphatic rings. The summed E-state index contributed by atoms with van der Waals surface area (Å²) in [6, 6.07) is 15.5. The number of thiocarbonyl (C=S) groups is 1. The molecule has 4 nitrogen and oxygen atoms in total. The number of aliphatic hydroxyl groups is 1. The fourth-order valence-electron chi connectivity index (χ4n) is 2.76. The molecule has 0 unspecified atom stereocenters. The fourth-order valence-corrected chi connectivity index (χ4v) is 3.37. The van der Waals surface area contributed by atoms with Crippen LogP contribution in [0.15, 0.2) is 67.0 Å². The van der Waals surface area contributed by atoms with E-state index in [1.807, 2.05) is 13.0 Å². The van der Waals surface area contributed by atoms with Crippen LogP contribution in [0, 0.1) is 6.92 Å². The fraction of sp³-hybridized carbons (Fsp3) is 0.0909. The Bertz CT molecular complexity index is 1080. The summed E-state index contributed by atoms with van der Waals surface area (Å²) in [7, 11) is 0. The van der Waals surface area contributed by atoms with Crippen molar-refractivity contribution in [2.24, 2.45) is 0 Å². The highest BCUT2D eigenvalue weighted by Crippen LogP contribution is 2.25. The molecule has 0 atom stereocenters. The van der Waals surface area contributed by atoms with Crippen LogP contribution in [0.4, 0.5) is 5.69 Å². The average Bonchev–Trinajstić information content (AvgIpc) is 2.72. The third kappa shape index (κ3) is 4.95. The third-order valence-corrected chi connectivity index (χ3v) is 5.31. The first-order chi connectivity index (χ1) is 13.9. The highest BCUT2D eigenvalue weighted by molar-refractivity contribution is 7.81. The van der Waals surface area contributed by atoms with Gasteiger partial charge in [-0.25, -0.2) is 0 Å². The lowest BCUT2D eigenvalue weighted by molar-refractivity contribution is -0.578. The Morgan fingerprint density at radius 3 is 2.52 bits per heavy atom. The molecule has 0 fully saturated rings. The van der Waals surface area contributed by atoms with Gasteiger partial charge in [-0.2, -0.15) is 4.57 Å². The maximum absolute atomic E-state index is 13.3. The Balaban J connectivity index is 2.11. The minimum Gasteiger partial charge on any atom is -0.867 e. The van der Waals surface area contributed by atoms with Crippen molar-refractivity contribution in [2.45, 2.75) is 13.5 Å². The van der Waals surface area contributed by atoms with Gasteiger partial charge in [0.1, 0.15) is 0 Å². The molecule has 148 valence electrons. The van der Waals surface area contributed by atoms with Gasteiger partial charge in [0.25, 0.3) is 0 Å². The molecule has 0 saturated carbocycles. The SMILES string of the molecule is Cc1c(Cl)cccc1NC(=S)/C(=C(\[O-])c1ccc(Cl)cc1)[n+]1cccc(CO)c1. The molecule has 1 heterocycles. The Labute approximate surface area is 184 Å². The van der Waals surface area contributed by atoms with Crippen LogP contribution in [0.25, 0.3) is 11.5 Å². The number of halogens is 2. The van der Waals surface area contributed by atoms with E-state index in [0.717, 1.165) is 5.56 Å². The number of hydrogen-bond acceptors (Lipinski definition) is 3. The Morgan fingerprint density at radius 2 is 1.83 bits per heavy atom. The highest BCUT2D eigenvalue weighted by Gasteiger charge is 2.20. The number of hydrogen-bond donors (Lipinski definition) is 2. The molecule has 0 aliphatic heterocycles. The normalized spacial score (nSPS) is 11.7. The van der Waals surface area contributed by atoms with Crippen LogP contribution in [-0.4, -0.2) is 10.1 Å². The van der Waals surface area contributed by atoms with Crippen LogP contribution in [-0.2, 0) is 6.61 Å². The van der Waals surface area contributed by atoms with Crippen LogP contribution in [0.2, 0.25) is 10.0 Å². The monoisotopic (exact) mass is 444 g/mol. The number of aliphatic hydroxyl groups excluding tert-OH is 1. The van der Waals surface area contributed by atoms with Crippen molar-refractivity contribution in [2.75, 3.05) is 5.32 Å². The Hall–Kier alpha value is -2.44. The number of benzene rings is 2. The number of nitrogens with one attached hydrogen (secondary N) is 1. The van der Waals surface area contributed by atoms with Gasteiger partial charge in [0.05, 0.1) is 6.61 Å². The summed E-state index contributed by atoms with van der Waals surface area (Å²) in [5.74, 6) is -0.279. The van der Waals surface area contributed by atoms with Gasteiger partial charge in [-0.05, 0) is 54.1 Å². The van der Waals surface area contributed by atoms with Gasteiger partial charge in [-0.1, -0.05) is 53.6 Å². The average molecular weight is 445 g/mol. The second-order valence-corrected chi connectivity index (χ2v) is 7.58. The number of pyridine rings is 1. The predicted octanol–water partition coefficient (Wildman–Crippen LogP) is 4.21. The third-order valence-electron chi connectivity index (χ3n) is 4.36. The quantitative estimate of drug-likeness (QED) is 0.268. The van der Waals surface area contributed by atoms with E-state index in [1.54, 1.807) is 65.5 Å². The summed E-state index contributed by atoms with van der Waals surface area (Å²) in [4.78, 5) is 0.232. The predicted molar refractivity (Wildman–Crippen MR) is 120 cm³/mol. The van der Waals surface area contributed by atoms with E-state index in [-0.39, 0.29) is 23.1 Å². The first-order valence-electron chi connectivity index (χ1n) is 8.76. The molecule has 7 heteroatoms. The standard InChI is InChI=1S/C22H18Cl2N2O2S/c1-14-18(24)5-2-6-19(14)25-22(29)20(26-11-3-4-15(12-26)13-27)21(28)16-7-9-17(23)10-8-16/h2-12,27H,13H2,1H3,(H-,25,28,29). The summed E-state index contributed by atoms with van der Waals surface area (Å²) in [6.45, 7) is 1.71. The van der Waals surface area contributed by atoms with Crippen molar-refractivity contribution in [1.82, 2.24) is 0 Å². The molecule has 0 spiro atoms. The molecule has 0 radical (unpaired) electrons. The van der Waals surface area contributed by atoms with Gasteiger partial charge < -0.3 is 15.5 Å². The smallest absolute Gasteiger partial charge is 0.238 e. The van der Waals surface area contributed by atoms with Crippen molar-refractivity contribution in [3.63, 3.8) is 0 Å². The van der Waals surface area contributed by atoms with Crippen molar-refractivity contribution in [3.8, 4) is 0 Å².